The van der Waals surface area contributed by atoms with Gasteiger partial charge in [-0.15, -0.1) is 24.0 Å². The molecule has 1 saturated heterocycles. The van der Waals surface area contributed by atoms with Crippen LogP contribution in [0.25, 0.3) is 0 Å². The summed E-state index contributed by atoms with van der Waals surface area (Å²) in [7, 11) is 0.353. The molecule has 0 radical (unpaired) electrons. The number of halogens is 1. The number of sulfone groups is 1. The number of guanidine groups is 1. The van der Waals surface area contributed by atoms with Gasteiger partial charge in [-0.3, -0.25) is 9.79 Å². The minimum absolute atomic E-state index is 0. The number of amides is 1. The van der Waals surface area contributed by atoms with Crippen molar-refractivity contribution in [1.29, 1.82) is 0 Å². The summed E-state index contributed by atoms with van der Waals surface area (Å²) in [5, 5.41) is 8.93. The highest BCUT2D eigenvalue weighted by Crippen LogP contribution is 2.11. The molecule has 1 aromatic carbocycles. The van der Waals surface area contributed by atoms with Crippen molar-refractivity contribution in [3.63, 3.8) is 0 Å². The third-order valence-electron chi connectivity index (χ3n) is 3.92. The van der Waals surface area contributed by atoms with Gasteiger partial charge in [0, 0.05) is 32.2 Å². The van der Waals surface area contributed by atoms with Gasteiger partial charge in [0.05, 0.1) is 11.5 Å². The lowest BCUT2D eigenvalue weighted by atomic mass is 10.1. The van der Waals surface area contributed by atoms with Crippen LogP contribution in [0.3, 0.4) is 0 Å². The summed E-state index contributed by atoms with van der Waals surface area (Å²) >= 11 is 0. The van der Waals surface area contributed by atoms with Crippen LogP contribution in [0.15, 0.2) is 29.3 Å². The molecule has 9 heteroatoms. The number of carbonyl (C=O) groups excluding carboxylic acids is 1. The summed E-state index contributed by atoms with van der Waals surface area (Å²) in [6, 6.07) is 7.37. The molecule has 1 heterocycles. The third-order valence-corrected chi connectivity index (χ3v) is 5.69. The Kier molecular flexibility index (Phi) is 8.63. The average molecular weight is 480 g/mol. The van der Waals surface area contributed by atoms with Gasteiger partial charge < -0.3 is 16.0 Å². The predicted octanol–water partition coefficient (Wildman–Crippen LogP) is 0.559. The predicted molar refractivity (Wildman–Crippen MR) is 111 cm³/mol. The molecule has 3 N–H and O–H groups in total. The van der Waals surface area contributed by atoms with Crippen molar-refractivity contribution >= 4 is 45.7 Å². The van der Waals surface area contributed by atoms with Crippen molar-refractivity contribution in [2.24, 2.45) is 4.99 Å². The lowest BCUT2D eigenvalue weighted by molar-refractivity contribution is 0.0963. The van der Waals surface area contributed by atoms with Crippen LogP contribution in [-0.4, -0.2) is 58.5 Å². The maximum atomic E-state index is 11.6. The Morgan fingerprint density at radius 2 is 2.12 bits per heavy atom. The molecule has 7 nitrogen and oxygen atoms in total. The first-order valence-corrected chi connectivity index (χ1v) is 9.74. The fraction of sp³-hybridized carbons (Fsp3) is 0.500. The number of aliphatic imine (C=N–C) groups is 1. The van der Waals surface area contributed by atoms with Gasteiger partial charge in [0.1, 0.15) is 0 Å². The first-order chi connectivity index (χ1) is 11.4. The van der Waals surface area contributed by atoms with Crippen molar-refractivity contribution < 1.29 is 13.2 Å². The van der Waals surface area contributed by atoms with E-state index in [0.717, 1.165) is 12.0 Å². The lowest BCUT2D eigenvalue weighted by Gasteiger charge is -2.16. The highest BCUT2D eigenvalue weighted by atomic mass is 127. The molecule has 1 fully saturated rings. The summed E-state index contributed by atoms with van der Waals surface area (Å²) in [5.41, 5.74) is 1.68. The van der Waals surface area contributed by atoms with E-state index in [1.807, 2.05) is 18.2 Å². The second kappa shape index (κ2) is 9.95. The Morgan fingerprint density at radius 1 is 1.36 bits per heavy atom. The van der Waals surface area contributed by atoms with E-state index < -0.39 is 9.84 Å². The standard InChI is InChI=1S/C16H24N4O3S.HI/c1-17-15(21)13-5-3-4-12(10-13)6-8-19-16(18-2)20-14-7-9-24(22,23)11-14;/h3-5,10,14H,6-9,11H2,1-2H3,(H,17,21)(H2,18,19,20);1H. The van der Waals surface area contributed by atoms with E-state index in [-0.39, 0.29) is 47.4 Å². The van der Waals surface area contributed by atoms with Crippen molar-refractivity contribution in [3.05, 3.63) is 35.4 Å². The van der Waals surface area contributed by atoms with Gasteiger partial charge >= 0.3 is 0 Å². The topological polar surface area (TPSA) is 99.7 Å². The van der Waals surface area contributed by atoms with Gasteiger partial charge in [0.25, 0.3) is 5.91 Å². The summed E-state index contributed by atoms with van der Waals surface area (Å²) in [6.45, 7) is 0.635. The van der Waals surface area contributed by atoms with E-state index in [0.29, 0.717) is 24.5 Å². The van der Waals surface area contributed by atoms with Crippen LogP contribution in [0.1, 0.15) is 22.3 Å². The molecule has 0 aromatic heterocycles. The molecule has 25 heavy (non-hydrogen) atoms. The number of hydrogen-bond acceptors (Lipinski definition) is 4. The van der Waals surface area contributed by atoms with E-state index >= 15 is 0 Å². The smallest absolute Gasteiger partial charge is 0.251 e. The molecule has 1 aliphatic rings. The molecule has 0 spiro atoms. The number of nitrogens with zero attached hydrogens (tertiary/aromatic N) is 1. The Balaban J connectivity index is 0.00000312. The molecular formula is C16H25IN4O3S. The number of benzene rings is 1. The van der Waals surface area contributed by atoms with Crippen molar-refractivity contribution in [3.8, 4) is 0 Å². The molecule has 1 unspecified atom stereocenters. The highest BCUT2D eigenvalue weighted by Gasteiger charge is 2.28. The van der Waals surface area contributed by atoms with Crippen LogP contribution in [0.5, 0.6) is 0 Å². The summed E-state index contributed by atoms with van der Waals surface area (Å²) in [4.78, 5) is 15.8. The fourth-order valence-corrected chi connectivity index (χ4v) is 4.31. The van der Waals surface area contributed by atoms with E-state index in [1.165, 1.54) is 0 Å². The Hall–Kier alpha value is -1.36. The minimum atomic E-state index is -2.91. The number of carbonyl (C=O) groups is 1. The average Bonchev–Trinajstić information content (AvgIpc) is 2.92. The minimum Gasteiger partial charge on any atom is -0.356 e. The van der Waals surface area contributed by atoms with Gasteiger partial charge in [0.15, 0.2) is 15.8 Å². The molecule has 0 aliphatic carbocycles. The Labute approximate surface area is 166 Å². The van der Waals surface area contributed by atoms with Crippen LogP contribution >= 0.6 is 24.0 Å². The second-order valence-electron chi connectivity index (χ2n) is 5.77. The Morgan fingerprint density at radius 3 is 2.72 bits per heavy atom. The third kappa shape index (κ3) is 6.81. The van der Waals surface area contributed by atoms with Crippen LogP contribution in [-0.2, 0) is 16.3 Å². The monoisotopic (exact) mass is 480 g/mol. The highest BCUT2D eigenvalue weighted by molar-refractivity contribution is 14.0. The first kappa shape index (κ1) is 21.7. The van der Waals surface area contributed by atoms with Crippen LogP contribution in [0.2, 0.25) is 0 Å². The van der Waals surface area contributed by atoms with Crippen molar-refractivity contribution in [2.45, 2.75) is 18.9 Å². The number of nitrogens with one attached hydrogen (secondary N) is 3. The molecule has 1 aliphatic heterocycles. The maximum absolute atomic E-state index is 11.6. The van der Waals surface area contributed by atoms with Crippen molar-refractivity contribution in [2.75, 3.05) is 32.1 Å². The second-order valence-corrected chi connectivity index (χ2v) is 8.00. The van der Waals surface area contributed by atoms with Gasteiger partial charge in [-0.1, -0.05) is 12.1 Å². The van der Waals surface area contributed by atoms with Gasteiger partial charge in [-0.25, -0.2) is 8.42 Å². The molecule has 2 rings (SSSR count). The first-order valence-electron chi connectivity index (χ1n) is 7.92. The summed E-state index contributed by atoms with van der Waals surface area (Å²) in [6.07, 6.45) is 1.34. The quantitative estimate of drug-likeness (QED) is 0.325. The van der Waals surface area contributed by atoms with Crippen molar-refractivity contribution in [1.82, 2.24) is 16.0 Å². The van der Waals surface area contributed by atoms with Gasteiger partial charge in [-0.2, -0.15) is 0 Å². The van der Waals surface area contributed by atoms with Crippen LogP contribution in [0.4, 0.5) is 0 Å². The molecule has 0 saturated carbocycles. The normalized spacial score (nSPS) is 19.0. The van der Waals surface area contributed by atoms with E-state index in [4.69, 9.17) is 0 Å². The molecule has 140 valence electrons. The van der Waals surface area contributed by atoms with Gasteiger partial charge in [-0.05, 0) is 30.5 Å². The largest absolute Gasteiger partial charge is 0.356 e. The van der Waals surface area contributed by atoms with Crippen LogP contribution < -0.4 is 16.0 Å². The summed E-state index contributed by atoms with van der Waals surface area (Å²) in [5.74, 6) is 0.875. The molecule has 1 aromatic rings. The molecule has 1 atom stereocenters. The van der Waals surface area contributed by atoms with Gasteiger partial charge in [0.2, 0.25) is 0 Å². The lowest BCUT2D eigenvalue weighted by Crippen LogP contribution is -2.44. The SMILES string of the molecule is CN=C(NCCc1cccc(C(=O)NC)c1)NC1CCS(=O)(=O)C1.I. The van der Waals surface area contributed by atoms with E-state index in [9.17, 15) is 13.2 Å². The fourth-order valence-electron chi connectivity index (χ4n) is 2.63. The zero-order valence-electron chi connectivity index (χ0n) is 14.4. The van der Waals surface area contributed by atoms with Crippen LogP contribution in [0, 0.1) is 0 Å². The molecule has 1 amide bonds. The summed E-state index contributed by atoms with van der Waals surface area (Å²) < 4.78 is 23.0. The van der Waals surface area contributed by atoms with E-state index in [1.54, 1.807) is 20.2 Å². The zero-order chi connectivity index (χ0) is 17.6. The number of hydrogen-bond donors (Lipinski definition) is 3. The maximum Gasteiger partial charge on any atom is 0.251 e. The Bertz CT molecular complexity index is 722. The molecule has 0 bridgehead atoms. The number of rotatable bonds is 5. The molecular weight excluding hydrogens is 455 g/mol. The zero-order valence-corrected chi connectivity index (χ0v) is 17.6. The van der Waals surface area contributed by atoms with E-state index in [2.05, 4.69) is 20.9 Å².